The minimum Gasteiger partial charge on any atom is -0.370 e. The molecule has 0 fully saturated rings. The highest BCUT2D eigenvalue weighted by molar-refractivity contribution is 6.33. The van der Waals surface area contributed by atoms with E-state index in [1.54, 1.807) is 4.68 Å². The van der Waals surface area contributed by atoms with Crippen molar-refractivity contribution in [2.75, 3.05) is 0 Å². The van der Waals surface area contributed by atoms with Crippen molar-refractivity contribution in [2.45, 2.75) is 13.2 Å². The molecule has 0 spiro atoms. The second kappa shape index (κ2) is 9.09. The molecule has 3 aromatic carbocycles. The number of pyridine rings is 1. The van der Waals surface area contributed by atoms with Gasteiger partial charge in [-0.2, -0.15) is 0 Å². The van der Waals surface area contributed by atoms with Crippen LogP contribution in [0.25, 0.3) is 27.8 Å². The molecule has 158 valence electrons. The zero-order chi connectivity index (χ0) is 21.9. The maximum absolute atomic E-state index is 6.41. The van der Waals surface area contributed by atoms with E-state index in [1.165, 1.54) is 0 Å². The SMILES string of the molecule is Clc1ccc(-n2cc(COCc3cc(-c4ccccc4Cl)nc4ccccc34)nn2)cc1. The van der Waals surface area contributed by atoms with Crippen molar-refractivity contribution < 1.29 is 4.74 Å². The van der Waals surface area contributed by atoms with Crippen molar-refractivity contribution in [3.8, 4) is 16.9 Å². The average Bonchev–Trinajstić information content (AvgIpc) is 3.28. The molecule has 0 radical (unpaired) electrons. The summed E-state index contributed by atoms with van der Waals surface area (Å²) in [7, 11) is 0. The third-order valence-corrected chi connectivity index (χ3v) is 5.67. The van der Waals surface area contributed by atoms with E-state index < -0.39 is 0 Å². The first-order valence-electron chi connectivity index (χ1n) is 10.1. The highest BCUT2D eigenvalue weighted by Gasteiger charge is 2.11. The molecule has 2 heterocycles. The van der Waals surface area contributed by atoms with E-state index in [0.29, 0.717) is 23.3 Å². The molecule has 0 atom stereocenters. The molecule has 0 saturated heterocycles. The molecule has 0 amide bonds. The fourth-order valence-corrected chi connectivity index (χ4v) is 3.88. The number of halogens is 2. The monoisotopic (exact) mass is 460 g/mol. The van der Waals surface area contributed by atoms with E-state index in [9.17, 15) is 0 Å². The molecule has 5 aromatic rings. The Labute approximate surface area is 195 Å². The topological polar surface area (TPSA) is 52.8 Å². The minimum absolute atomic E-state index is 0.339. The second-order valence-corrected chi connectivity index (χ2v) is 8.13. The van der Waals surface area contributed by atoms with Gasteiger partial charge in [-0.15, -0.1) is 5.10 Å². The molecule has 0 aliphatic rings. The van der Waals surface area contributed by atoms with Crippen molar-refractivity contribution in [1.82, 2.24) is 20.0 Å². The first kappa shape index (κ1) is 20.6. The van der Waals surface area contributed by atoms with Gasteiger partial charge in [0.05, 0.1) is 36.3 Å². The van der Waals surface area contributed by atoms with Crippen LogP contribution in [0, 0.1) is 0 Å². The van der Waals surface area contributed by atoms with Gasteiger partial charge in [0.1, 0.15) is 5.69 Å². The van der Waals surface area contributed by atoms with Crippen LogP contribution >= 0.6 is 23.2 Å². The number of benzene rings is 3. The van der Waals surface area contributed by atoms with Crippen LogP contribution in [0.2, 0.25) is 10.0 Å². The summed E-state index contributed by atoms with van der Waals surface area (Å²) in [6.45, 7) is 0.750. The third kappa shape index (κ3) is 4.36. The Morgan fingerprint density at radius 3 is 2.47 bits per heavy atom. The predicted molar refractivity (Wildman–Crippen MR) is 127 cm³/mol. The molecule has 2 aromatic heterocycles. The second-order valence-electron chi connectivity index (χ2n) is 7.29. The zero-order valence-electron chi connectivity index (χ0n) is 17.0. The summed E-state index contributed by atoms with van der Waals surface area (Å²) in [5, 5.41) is 10.8. The Balaban J connectivity index is 1.36. The van der Waals surface area contributed by atoms with E-state index in [1.807, 2.05) is 85.1 Å². The lowest BCUT2D eigenvalue weighted by Gasteiger charge is -2.11. The number of aromatic nitrogens is 4. The average molecular weight is 461 g/mol. The number of ether oxygens (including phenoxy) is 1. The van der Waals surface area contributed by atoms with Crippen molar-refractivity contribution in [2.24, 2.45) is 0 Å². The maximum atomic E-state index is 6.41. The summed E-state index contributed by atoms with van der Waals surface area (Å²) in [5.74, 6) is 0. The van der Waals surface area contributed by atoms with Gasteiger partial charge in [0, 0.05) is 21.0 Å². The van der Waals surface area contributed by atoms with E-state index in [4.69, 9.17) is 32.9 Å². The Morgan fingerprint density at radius 2 is 1.62 bits per heavy atom. The van der Waals surface area contributed by atoms with E-state index in [0.717, 1.165) is 39.1 Å². The fraction of sp³-hybridized carbons (Fsp3) is 0.0800. The van der Waals surface area contributed by atoms with Crippen molar-refractivity contribution in [3.63, 3.8) is 0 Å². The van der Waals surface area contributed by atoms with Crippen LogP contribution in [0.4, 0.5) is 0 Å². The molecule has 32 heavy (non-hydrogen) atoms. The van der Waals surface area contributed by atoms with Gasteiger partial charge in [-0.25, -0.2) is 9.67 Å². The van der Waals surface area contributed by atoms with E-state index in [2.05, 4.69) is 10.3 Å². The normalized spacial score (nSPS) is 11.2. The van der Waals surface area contributed by atoms with Crippen LogP contribution in [0.15, 0.2) is 85.1 Å². The molecular formula is C25H18Cl2N4O. The molecule has 0 bridgehead atoms. The van der Waals surface area contributed by atoms with Gasteiger partial charge in [-0.3, -0.25) is 0 Å². The number of rotatable bonds is 6. The van der Waals surface area contributed by atoms with Gasteiger partial charge in [0.25, 0.3) is 0 Å². The number of hydrogen-bond acceptors (Lipinski definition) is 4. The van der Waals surface area contributed by atoms with Crippen LogP contribution < -0.4 is 0 Å². The molecule has 5 rings (SSSR count). The molecule has 0 aliphatic carbocycles. The van der Waals surface area contributed by atoms with Crippen LogP contribution in [-0.2, 0) is 18.0 Å². The van der Waals surface area contributed by atoms with Gasteiger partial charge in [0.15, 0.2) is 0 Å². The molecular weight excluding hydrogens is 443 g/mol. The molecule has 5 nitrogen and oxygen atoms in total. The van der Waals surface area contributed by atoms with E-state index in [-0.39, 0.29) is 0 Å². The molecule has 7 heteroatoms. The largest absolute Gasteiger partial charge is 0.370 e. The highest BCUT2D eigenvalue weighted by atomic mass is 35.5. The maximum Gasteiger partial charge on any atom is 0.109 e. The van der Waals surface area contributed by atoms with Crippen LogP contribution in [0.5, 0.6) is 0 Å². The quantitative estimate of drug-likeness (QED) is 0.290. The van der Waals surface area contributed by atoms with E-state index >= 15 is 0 Å². The lowest BCUT2D eigenvalue weighted by Crippen LogP contribution is -1.98. The van der Waals surface area contributed by atoms with Crippen LogP contribution in [0.3, 0.4) is 0 Å². The molecule has 0 aliphatic heterocycles. The van der Waals surface area contributed by atoms with Gasteiger partial charge in [0.2, 0.25) is 0 Å². The number of para-hydroxylation sites is 1. The molecule has 0 unspecified atom stereocenters. The van der Waals surface area contributed by atoms with Crippen LogP contribution in [-0.4, -0.2) is 20.0 Å². The van der Waals surface area contributed by atoms with Crippen molar-refractivity contribution in [1.29, 1.82) is 0 Å². The first-order chi connectivity index (χ1) is 15.7. The third-order valence-electron chi connectivity index (χ3n) is 5.09. The summed E-state index contributed by atoms with van der Waals surface area (Å²) in [5.41, 5.74) is 5.28. The van der Waals surface area contributed by atoms with Gasteiger partial charge in [-0.05, 0) is 48.0 Å². The minimum atomic E-state index is 0.339. The Kier molecular flexibility index (Phi) is 5.86. The summed E-state index contributed by atoms with van der Waals surface area (Å²) >= 11 is 12.4. The number of hydrogen-bond donors (Lipinski definition) is 0. The smallest absolute Gasteiger partial charge is 0.109 e. The zero-order valence-corrected chi connectivity index (χ0v) is 18.5. The first-order valence-corrected chi connectivity index (χ1v) is 10.8. The lowest BCUT2D eigenvalue weighted by atomic mass is 10.0. The fourth-order valence-electron chi connectivity index (χ4n) is 3.52. The number of fused-ring (bicyclic) bond motifs is 1. The summed E-state index contributed by atoms with van der Waals surface area (Å²) in [6, 6.07) is 25.2. The highest BCUT2D eigenvalue weighted by Crippen LogP contribution is 2.30. The number of nitrogens with zero attached hydrogens (tertiary/aromatic N) is 4. The Morgan fingerprint density at radius 1 is 0.844 bits per heavy atom. The molecule has 0 N–H and O–H groups in total. The van der Waals surface area contributed by atoms with Crippen LogP contribution in [0.1, 0.15) is 11.3 Å². The summed E-state index contributed by atoms with van der Waals surface area (Å²) < 4.78 is 7.71. The van der Waals surface area contributed by atoms with Gasteiger partial charge in [-0.1, -0.05) is 64.8 Å². The Hall–Kier alpha value is -3.25. The van der Waals surface area contributed by atoms with Crippen molar-refractivity contribution >= 4 is 34.1 Å². The standard InChI is InChI=1S/C25H18Cl2N4O/c26-18-9-11-20(12-10-18)31-14-19(29-30-31)16-32-15-17-13-25(22-6-1-3-7-23(22)27)28-24-8-4-2-5-21(17)24/h1-14H,15-16H2. The lowest BCUT2D eigenvalue weighted by molar-refractivity contribution is 0.105. The molecule has 0 saturated carbocycles. The predicted octanol–water partition coefficient (Wildman–Crippen LogP) is 6.51. The Bertz CT molecular complexity index is 1380. The van der Waals surface area contributed by atoms with Gasteiger partial charge >= 0.3 is 0 Å². The summed E-state index contributed by atoms with van der Waals surface area (Å²) in [4.78, 5) is 4.80. The summed E-state index contributed by atoms with van der Waals surface area (Å²) in [6.07, 6.45) is 1.85. The van der Waals surface area contributed by atoms with Crippen molar-refractivity contribution in [3.05, 3.63) is 106 Å². The van der Waals surface area contributed by atoms with Gasteiger partial charge < -0.3 is 4.74 Å².